The van der Waals surface area contributed by atoms with Gasteiger partial charge in [0.1, 0.15) is 0 Å². The van der Waals surface area contributed by atoms with Crippen LogP contribution in [0.3, 0.4) is 0 Å². The third-order valence-electron chi connectivity index (χ3n) is 0.934. The number of carbonyl (C=O) groups is 1. The first kappa shape index (κ1) is 14.0. The van der Waals surface area contributed by atoms with Crippen molar-refractivity contribution in [3.05, 3.63) is 0 Å². The maximum Gasteiger partial charge on any atom is 0.293 e. The number of carbonyl (C=O) groups excluding carboxylic acids is 1. The Kier molecular flexibility index (Phi) is 21.3. The molecule has 0 N–H and O–H groups in total. The summed E-state index contributed by atoms with van der Waals surface area (Å²) in [6, 6.07) is 0. The first-order valence-corrected chi connectivity index (χ1v) is 5.74. The Morgan fingerprint density at radius 1 is 1.45 bits per heavy atom. The molecule has 0 amide bonds. The molecule has 0 fully saturated rings. The molecule has 11 heavy (non-hydrogen) atoms. The molecule has 0 radical (unpaired) electrons. The Balaban J connectivity index is 0. The van der Waals surface area contributed by atoms with Gasteiger partial charge in [0.25, 0.3) is 6.47 Å². The first-order valence-electron chi connectivity index (χ1n) is 3.28. The molecule has 0 saturated heterocycles. The van der Waals surface area contributed by atoms with Crippen LogP contribution in [0.2, 0.25) is 0 Å². The van der Waals surface area contributed by atoms with Crippen LogP contribution in [0.25, 0.3) is 0 Å². The molecular weight excluding hydrogens is 207 g/mol. The summed E-state index contributed by atoms with van der Waals surface area (Å²) in [4.78, 5) is 9.55. The minimum absolute atomic E-state index is 0.496. The van der Waals surface area contributed by atoms with E-state index in [4.69, 9.17) is 0 Å². The SMILES string of the molecule is CCCCCOC=O.ClSCl. The molecule has 5 heteroatoms. The third-order valence-corrected chi connectivity index (χ3v) is 0.934. The van der Waals surface area contributed by atoms with Crippen molar-refractivity contribution in [1.29, 1.82) is 0 Å². The van der Waals surface area contributed by atoms with Crippen LogP contribution >= 0.6 is 31.6 Å². The molecule has 0 atom stereocenters. The molecule has 2 nitrogen and oxygen atoms in total. The summed E-state index contributed by atoms with van der Waals surface area (Å²) in [6.45, 7) is 3.19. The molecule has 0 rings (SSSR count). The van der Waals surface area contributed by atoms with E-state index in [0.29, 0.717) is 23.3 Å². The minimum atomic E-state index is 0.496. The summed E-state index contributed by atoms with van der Waals surface area (Å²) in [5.74, 6) is 0. The van der Waals surface area contributed by atoms with E-state index in [-0.39, 0.29) is 0 Å². The van der Waals surface area contributed by atoms with Gasteiger partial charge in [0.2, 0.25) is 0 Å². The molecule has 0 aliphatic heterocycles. The van der Waals surface area contributed by atoms with Gasteiger partial charge in [-0.25, -0.2) is 0 Å². The lowest BCUT2D eigenvalue weighted by molar-refractivity contribution is -0.128. The van der Waals surface area contributed by atoms with E-state index in [1.54, 1.807) is 0 Å². The van der Waals surface area contributed by atoms with Gasteiger partial charge in [-0.15, -0.1) is 0 Å². The molecule has 0 aromatic carbocycles. The number of rotatable bonds is 5. The standard InChI is InChI=1S/C6H12O2.Cl2S/c1-2-3-4-5-8-6-7;1-3-2/h6H,2-5H2,1H3;. The van der Waals surface area contributed by atoms with E-state index in [1.807, 2.05) is 0 Å². The van der Waals surface area contributed by atoms with Crippen molar-refractivity contribution in [1.82, 2.24) is 0 Å². The molecule has 0 unspecified atom stereocenters. The smallest absolute Gasteiger partial charge is 0.293 e. The lowest BCUT2D eigenvalue weighted by Crippen LogP contribution is -1.89. The molecular formula is C6H12Cl2O2S. The number of unbranched alkanes of at least 4 members (excludes halogenated alkanes) is 2. The highest BCUT2D eigenvalue weighted by atomic mass is 36.0. The summed E-state index contributed by atoms with van der Waals surface area (Å²) < 4.78 is 4.46. The zero-order valence-electron chi connectivity index (χ0n) is 6.39. The third kappa shape index (κ3) is 25.2. The molecule has 0 heterocycles. The molecule has 0 bridgehead atoms. The van der Waals surface area contributed by atoms with Gasteiger partial charge in [-0.1, -0.05) is 19.8 Å². The Labute approximate surface area is 80.6 Å². The summed E-state index contributed by atoms with van der Waals surface area (Å²) in [7, 11) is 10.1. The summed E-state index contributed by atoms with van der Waals surface area (Å²) in [5, 5.41) is 0. The Morgan fingerprint density at radius 3 is 2.36 bits per heavy atom. The van der Waals surface area contributed by atoms with Crippen LogP contribution < -0.4 is 0 Å². The van der Waals surface area contributed by atoms with Gasteiger partial charge in [-0.3, -0.25) is 4.79 Å². The molecule has 0 spiro atoms. The molecule has 0 aromatic rings. The van der Waals surface area contributed by atoms with E-state index < -0.39 is 0 Å². The highest BCUT2D eigenvalue weighted by Crippen LogP contribution is 2.08. The van der Waals surface area contributed by atoms with E-state index >= 15 is 0 Å². The largest absolute Gasteiger partial charge is 0.468 e. The number of hydrogen-bond donors (Lipinski definition) is 0. The highest BCUT2D eigenvalue weighted by molar-refractivity contribution is 8.38. The second kappa shape index (κ2) is 16.8. The fourth-order valence-corrected chi connectivity index (χ4v) is 0.484. The maximum absolute atomic E-state index is 9.55. The molecule has 0 aliphatic rings. The average Bonchev–Trinajstić information content (AvgIpc) is 2.00. The summed E-state index contributed by atoms with van der Waals surface area (Å²) in [5.41, 5.74) is 0. The van der Waals surface area contributed by atoms with Gasteiger partial charge in [-0.2, -0.15) is 0 Å². The number of halogens is 2. The quantitative estimate of drug-likeness (QED) is 0.523. The maximum atomic E-state index is 9.55. The Hall–Kier alpha value is 0.400. The Morgan fingerprint density at radius 2 is 2.00 bits per heavy atom. The predicted octanol–water partition coefficient (Wildman–Crippen LogP) is 3.38. The molecule has 0 aromatic heterocycles. The fraction of sp³-hybridized carbons (Fsp3) is 0.833. The van der Waals surface area contributed by atoms with Crippen LogP contribution in [0, 0.1) is 0 Å². The fourth-order valence-electron chi connectivity index (χ4n) is 0.484. The Bertz CT molecular complexity index is 73.6. The van der Waals surface area contributed by atoms with E-state index in [2.05, 4.69) is 33.0 Å². The second-order valence-electron chi connectivity index (χ2n) is 1.73. The van der Waals surface area contributed by atoms with E-state index in [9.17, 15) is 4.79 Å². The van der Waals surface area contributed by atoms with Gasteiger partial charge in [0, 0.05) is 0 Å². The molecule has 0 saturated carbocycles. The van der Waals surface area contributed by atoms with Crippen LogP contribution in [-0.2, 0) is 9.53 Å². The van der Waals surface area contributed by atoms with Crippen molar-refractivity contribution < 1.29 is 9.53 Å². The predicted molar refractivity (Wildman–Crippen MR) is 50.8 cm³/mol. The van der Waals surface area contributed by atoms with Crippen molar-refractivity contribution in [3.63, 3.8) is 0 Å². The minimum Gasteiger partial charge on any atom is -0.468 e. The zero-order valence-corrected chi connectivity index (χ0v) is 8.71. The number of hydrogen-bond acceptors (Lipinski definition) is 3. The summed E-state index contributed by atoms with van der Waals surface area (Å²) >= 11 is 0. The second-order valence-corrected chi connectivity index (χ2v) is 3.25. The van der Waals surface area contributed by atoms with E-state index in [1.165, 1.54) is 6.42 Å². The summed E-state index contributed by atoms with van der Waals surface area (Å²) in [6.07, 6.45) is 3.31. The van der Waals surface area contributed by atoms with Crippen LogP contribution in [0.15, 0.2) is 0 Å². The van der Waals surface area contributed by atoms with Crippen molar-refractivity contribution in [2.75, 3.05) is 6.61 Å². The van der Waals surface area contributed by atoms with E-state index in [0.717, 1.165) is 12.8 Å². The van der Waals surface area contributed by atoms with Gasteiger partial charge in [0.15, 0.2) is 0 Å². The van der Waals surface area contributed by atoms with Crippen molar-refractivity contribution in [2.24, 2.45) is 0 Å². The van der Waals surface area contributed by atoms with Crippen molar-refractivity contribution in [2.45, 2.75) is 26.2 Å². The van der Waals surface area contributed by atoms with Crippen LogP contribution in [0.5, 0.6) is 0 Å². The van der Waals surface area contributed by atoms with Crippen molar-refractivity contribution in [3.8, 4) is 0 Å². The van der Waals surface area contributed by atoms with Crippen LogP contribution in [-0.4, -0.2) is 13.1 Å². The average molecular weight is 219 g/mol. The van der Waals surface area contributed by atoms with Crippen LogP contribution in [0.4, 0.5) is 0 Å². The zero-order chi connectivity index (χ0) is 8.95. The van der Waals surface area contributed by atoms with Crippen molar-refractivity contribution >= 4 is 38.0 Å². The van der Waals surface area contributed by atoms with Gasteiger partial charge in [-0.05, 0) is 27.8 Å². The van der Waals surface area contributed by atoms with Gasteiger partial charge >= 0.3 is 0 Å². The normalized spacial score (nSPS) is 7.91. The van der Waals surface area contributed by atoms with Gasteiger partial charge in [0.05, 0.1) is 16.8 Å². The van der Waals surface area contributed by atoms with Gasteiger partial charge < -0.3 is 4.74 Å². The lowest BCUT2D eigenvalue weighted by atomic mass is 10.3. The number of ether oxygens (including phenoxy) is 1. The molecule has 0 aliphatic carbocycles. The highest BCUT2D eigenvalue weighted by Gasteiger charge is 1.82. The monoisotopic (exact) mass is 218 g/mol. The topological polar surface area (TPSA) is 26.3 Å². The van der Waals surface area contributed by atoms with Crippen LogP contribution in [0.1, 0.15) is 26.2 Å². The lowest BCUT2D eigenvalue weighted by Gasteiger charge is -1.93. The molecule has 68 valence electrons. The first-order chi connectivity index (χ1) is 5.33.